The zero-order chi connectivity index (χ0) is 34.0. The predicted octanol–water partition coefficient (Wildman–Crippen LogP) is -3.65. The summed E-state index contributed by atoms with van der Waals surface area (Å²) in [5.74, 6) is -3.51. The first kappa shape index (κ1) is 32.0. The number of aromatic nitrogens is 8. The molecule has 0 saturated carbocycles. The molecule has 5 aromatic rings. The number of rotatable bonds is 11. The zero-order valence-corrected chi connectivity index (χ0v) is 24.5. The van der Waals surface area contributed by atoms with Crippen LogP contribution < -0.4 is 44.6 Å². The molecule has 0 fully saturated rings. The fourth-order valence-electron chi connectivity index (χ4n) is 4.76. The van der Waals surface area contributed by atoms with Crippen molar-refractivity contribution in [1.29, 1.82) is 0 Å². The minimum atomic E-state index is -1.72. The highest BCUT2D eigenvalue weighted by Crippen LogP contribution is 2.14. The van der Waals surface area contributed by atoms with E-state index in [1.165, 1.54) is 36.1 Å². The van der Waals surface area contributed by atoms with Gasteiger partial charge in [-0.05, 0) is 19.1 Å². The van der Waals surface area contributed by atoms with Gasteiger partial charge in [0.1, 0.15) is 30.0 Å². The third-order valence-electron chi connectivity index (χ3n) is 7.23. The monoisotopic (exact) mass is 648 g/mol. The number of H-pyrrole nitrogens is 2. The van der Waals surface area contributed by atoms with E-state index in [0.29, 0.717) is 4.57 Å². The Morgan fingerprint density at radius 1 is 0.915 bits per heavy atom. The van der Waals surface area contributed by atoms with Crippen molar-refractivity contribution in [3.63, 3.8) is 0 Å². The molecule has 4 aromatic heterocycles. The molecule has 0 spiro atoms. The number of aromatic amines is 2. The first-order valence-corrected chi connectivity index (χ1v) is 13.9. The standard InChI is InChI=1S/C27H28N12O8/c1-12-6-37(26(46)36-21(12)40)7-14(28)22(41)33-16(9-39-24(43)13-4-2-3-5-15(13)35-27(39)47)23(42)34-17(25(44)45)8-38-11-32-18-19(29)30-10-31-20(18)38/h2-6,10-11,14,16-17H,7-9,28H2,1H3,(H,33,41)(H,34,42)(H,35,47)(H,44,45)(H2,29,30,31)(H,36,40,46)/t14-,16-,17-/m1/s1. The second kappa shape index (κ2) is 12.9. The van der Waals surface area contributed by atoms with Crippen LogP contribution in [0.2, 0.25) is 0 Å². The molecule has 47 heavy (non-hydrogen) atoms. The van der Waals surface area contributed by atoms with Gasteiger partial charge in [-0.2, -0.15) is 0 Å². The molecule has 5 rings (SSSR count). The maximum Gasteiger partial charge on any atom is 0.328 e. The number of hydrogen-bond donors (Lipinski definition) is 7. The number of carboxylic acids is 1. The van der Waals surface area contributed by atoms with E-state index in [0.717, 1.165) is 10.9 Å². The number of nitrogens with two attached hydrogens (primary N) is 2. The first-order chi connectivity index (χ1) is 22.3. The Hall–Kier alpha value is -6.44. The van der Waals surface area contributed by atoms with Crippen molar-refractivity contribution in [2.24, 2.45) is 5.73 Å². The Bertz CT molecular complexity index is 2270. The van der Waals surface area contributed by atoms with Crippen LogP contribution in [-0.2, 0) is 34.0 Å². The minimum absolute atomic E-state index is 0.0501. The Morgan fingerprint density at radius 3 is 2.38 bits per heavy atom. The summed E-state index contributed by atoms with van der Waals surface area (Å²) in [6.45, 7) is -0.110. The van der Waals surface area contributed by atoms with E-state index >= 15 is 0 Å². The lowest BCUT2D eigenvalue weighted by molar-refractivity contribution is -0.142. The van der Waals surface area contributed by atoms with Crippen molar-refractivity contribution in [3.05, 3.63) is 90.4 Å². The lowest BCUT2D eigenvalue weighted by Crippen LogP contribution is -2.58. The average molecular weight is 649 g/mol. The van der Waals surface area contributed by atoms with Crippen LogP contribution in [0.4, 0.5) is 5.82 Å². The topological polar surface area (TPSA) is 301 Å². The van der Waals surface area contributed by atoms with Gasteiger partial charge in [0.25, 0.3) is 11.1 Å². The van der Waals surface area contributed by atoms with Gasteiger partial charge in [-0.15, -0.1) is 0 Å². The number of nitrogens with one attached hydrogen (secondary N) is 4. The molecule has 4 heterocycles. The van der Waals surface area contributed by atoms with Crippen molar-refractivity contribution in [2.75, 3.05) is 5.73 Å². The molecule has 244 valence electrons. The number of fused-ring (bicyclic) bond motifs is 2. The summed E-state index contributed by atoms with van der Waals surface area (Å²) >= 11 is 0. The summed E-state index contributed by atoms with van der Waals surface area (Å²) in [6, 6.07) is 1.30. The molecule has 0 aliphatic heterocycles. The van der Waals surface area contributed by atoms with Crippen molar-refractivity contribution >= 4 is 45.7 Å². The van der Waals surface area contributed by atoms with Crippen LogP contribution in [-0.4, -0.2) is 79.6 Å². The highest BCUT2D eigenvalue weighted by Gasteiger charge is 2.30. The maximum absolute atomic E-state index is 13.6. The molecule has 3 atom stereocenters. The number of anilines is 1. The minimum Gasteiger partial charge on any atom is -0.480 e. The summed E-state index contributed by atoms with van der Waals surface area (Å²) in [7, 11) is 0. The molecular weight excluding hydrogens is 620 g/mol. The number of aliphatic carboxylic acids is 1. The summed E-state index contributed by atoms with van der Waals surface area (Å²) < 4.78 is 2.98. The Labute approximate surface area is 261 Å². The Balaban J connectivity index is 1.44. The summed E-state index contributed by atoms with van der Waals surface area (Å²) in [5.41, 5.74) is 9.47. The molecule has 0 saturated heterocycles. The first-order valence-electron chi connectivity index (χ1n) is 13.9. The second-order valence-corrected chi connectivity index (χ2v) is 10.5. The fourth-order valence-corrected chi connectivity index (χ4v) is 4.76. The Kier molecular flexibility index (Phi) is 8.77. The van der Waals surface area contributed by atoms with Gasteiger partial charge in [0.2, 0.25) is 11.8 Å². The second-order valence-electron chi connectivity index (χ2n) is 10.5. The third-order valence-corrected chi connectivity index (χ3v) is 7.23. The summed E-state index contributed by atoms with van der Waals surface area (Å²) in [6.07, 6.45) is 3.60. The molecule has 2 amide bonds. The predicted molar refractivity (Wildman–Crippen MR) is 164 cm³/mol. The van der Waals surface area contributed by atoms with Crippen LogP contribution in [0.3, 0.4) is 0 Å². The highest BCUT2D eigenvalue weighted by atomic mass is 16.4. The molecule has 9 N–H and O–H groups in total. The van der Waals surface area contributed by atoms with Gasteiger partial charge in [-0.25, -0.2) is 29.3 Å². The van der Waals surface area contributed by atoms with Crippen LogP contribution in [0, 0.1) is 6.92 Å². The molecule has 20 nitrogen and oxygen atoms in total. The van der Waals surface area contributed by atoms with Crippen LogP contribution in [0.1, 0.15) is 5.56 Å². The zero-order valence-electron chi connectivity index (χ0n) is 24.5. The van der Waals surface area contributed by atoms with E-state index in [2.05, 4.69) is 35.6 Å². The Morgan fingerprint density at radius 2 is 1.64 bits per heavy atom. The van der Waals surface area contributed by atoms with Gasteiger partial charge in [0.05, 0.1) is 36.9 Å². The highest BCUT2D eigenvalue weighted by molar-refractivity contribution is 5.92. The number of carboxylic acid groups (broad SMARTS) is 1. The average Bonchev–Trinajstić information content (AvgIpc) is 3.44. The van der Waals surface area contributed by atoms with Gasteiger partial charge in [0.15, 0.2) is 11.5 Å². The number of para-hydroxylation sites is 1. The number of carbonyl (C=O) groups excluding carboxylic acids is 2. The summed E-state index contributed by atoms with van der Waals surface area (Å²) in [5, 5.41) is 14.7. The van der Waals surface area contributed by atoms with Crippen LogP contribution >= 0.6 is 0 Å². The number of aryl methyl sites for hydroxylation is 1. The lowest BCUT2D eigenvalue weighted by atomic mass is 10.2. The van der Waals surface area contributed by atoms with E-state index in [-0.39, 0.29) is 40.0 Å². The number of nitrogen functional groups attached to an aromatic ring is 1. The van der Waals surface area contributed by atoms with Gasteiger partial charge < -0.3 is 36.8 Å². The number of carbonyl (C=O) groups is 3. The molecular formula is C27H28N12O8. The molecule has 0 aliphatic carbocycles. The van der Waals surface area contributed by atoms with Gasteiger partial charge in [0, 0.05) is 11.8 Å². The van der Waals surface area contributed by atoms with Crippen LogP contribution in [0.5, 0.6) is 0 Å². The SMILES string of the molecule is Cc1cn(C[C@@H](N)C(=O)N[C@H](Cn2c(=O)[nH]c3ccccc3c2=O)C(=O)N[C@H](Cn2cnc3c(N)ncnc32)C(=O)O)c(=O)[nH]c1=O. The molecule has 20 heteroatoms. The fraction of sp³-hybridized carbons (Fsp3) is 0.259. The van der Waals surface area contributed by atoms with Crippen molar-refractivity contribution < 1.29 is 19.5 Å². The summed E-state index contributed by atoms with van der Waals surface area (Å²) in [4.78, 5) is 106. The quantitative estimate of drug-likeness (QED) is 0.0728. The van der Waals surface area contributed by atoms with Crippen LogP contribution in [0.25, 0.3) is 22.1 Å². The number of amides is 2. The van der Waals surface area contributed by atoms with Crippen molar-refractivity contribution in [3.8, 4) is 0 Å². The number of hydrogen-bond acceptors (Lipinski definition) is 12. The van der Waals surface area contributed by atoms with E-state index < -0.39 is 71.5 Å². The van der Waals surface area contributed by atoms with Gasteiger partial charge in [-0.3, -0.25) is 33.3 Å². The number of benzene rings is 1. The molecule has 0 unspecified atom stereocenters. The van der Waals surface area contributed by atoms with Gasteiger partial charge >= 0.3 is 17.3 Å². The molecule has 0 aliphatic rings. The molecule has 0 bridgehead atoms. The smallest absolute Gasteiger partial charge is 0.328 e. The van der Waals surface area contributed by atoms with E-state index in [4.69, 9.17) is 11.5 Å². The van der Waals surface area contributed by atoms with Gasteiger partial charge in [-0.1, -0.05) is 12.1 Å². The maximum atomic E-state index is 13.6. The molecule has 0 radical (unpaired) electrons. The van der Waals surface area contributed by atoms with E-state index in [1.54, 1.807) is 12.1 Å². The van der Waals surface area contributed by atoms with Crippen LogP contribution in [0.15, 0.2) is 62.3 Å². The molecule has 1 aromatic carbocycles. The van der Waals surface area contributed by atoms with Crippen molar-refractivity contribution in [2.45, 2.75) is 44.7 Å². The number of imidazole rings is 1. The largest absolute Gasteiger partial charge is 0.480 e. The van der Waals surface area contributed by atoms with E-state index in [1.807, 2.05) is 0 Å². The van der Waals surface area contributed by atoms with Crippen molar-refractivity contribution in [1.82, 2.24) is 49.3 Å². The van der Waals surface area contributed by atoms with E-state index in [9.17, 15) is 38.7 Å². The normalized spacial score (nSPS) is 13.2. The third kappa shape index (κ3) is 6.66. The number of nitrogens with zero attached hydrogens (tertiary/aromatic N) is 6. The lowest BCUT2D eigenvalue weighted by Gasteiger charge is -2.24.